The lowest BCUT2D eigenvalue weighted by atomic mass is 9.93. The molecule has 2 bridgehead atoms. The Hall–Kier alpha value is -1.30. The molecule has 0 amide bonds. The van der Waals surface area contributed by atoms with E-state index in [1.807, 2.05) is 6.08 Å². The van der Waals surface area contributed by atoms with Crippen LogP contribution in [0.4, 0.5) is 13.2 Å². The van der Waals surface area contributed by atoms with Crippen LogP contribution in [0.5, 0.6) is 0 Å². The second kappa shape index (κ2) is 5.41. The molecule has 1 fully saturated rings. The molecule has 2 atom stereocenters. The molecule has 0 aromatic heterocycles. The third kappa shape index (κ3) is 2.93. The van der Waals surface area contributed by atoms with E-state index in [4.69, 9.17) is 0 Å². The van der Waals surface area contributed by atoms with Crippen LogP contribution < -0.4 is 0 Å². The van der Waals surface area contributed by atoms with Gasteiger partial charge in [-0.25, -0.2) is 8.42 Å². The van der Waals surface area contributed by atoms with Gasteiger partial charge in [-0.1, -0.05) is 30.2 Å². The summed E-state index contributed by atoms with van der Waals surface area (Å²) in [4.78, 5) is 0. The van der Waals surface area contributed by atoms with Crippen LogP contribution in [0.15, 0.2) is 35.9 Å². The van der Waals surface area contributed by atoms with Gasteiger partial charge in [0.15, 0.2) is 9.84 Å². The van der Waals surface area contributed by atoms with Crippen molar-refractivity contribution in [2.24, 2.45) is 0 Å². The highest BCUT2D eigenvalue weighted by Gasteiger charge is 2.40. The Morgan fingerprint density at radius 1 is 1.09 bits per heavy atom. The third-order valence-corrected chi connectivity index (χ3v) is 7.07. The molecule has 2 unspecified atom stereocenters. The van der Waals surface area contributed by atoms with Gasteiger partial charge in [-0.2, -0.15) is 13.2 Å². The average molecular weight is 330 g/mol. The van der Waals surface area contributed by atoms with Gasteiger partial charge in [-0.3, -0.25) is 0 Å². The van der Waals surface area contributed by atoms with E-state index >= 15 is 0 Å². The molecule has 120 valence electrons. The van der Waals surface area contributed by atoms with E-state index in [-0.39, 0.29) is 5.25 Å². The van der Waals surface area contributed by atoms with Crippen LogP contribution in [-0.2, 0) is 22.4 Å². The second-order valence-corrected chi connectivity index (χ2v) is 8.53. The van der Waals surface area contributed by atoms with Crippen LogP contribution >= 0.6 is 0 Å². The molecule has 3 rings (SSSR count). The summed E-state index contributed by atoms with van der Waals surface area (Å²) in [5.74, 6) is 0. The fourth-order valence-corrected chi connectivity index (χ4v) is 5.66. The van der Waals surface area contributed by atoms with Crippen molar-refractivity contribution in [2.75, 3.05) is 0 Å². The SMILES string of the molecule is O=S1(=O)C2C=C(Cc3ccc(C(F)(F)F)cc3)CC1CCC2. The lowest BCUT2D eigenvalue weighted by Gasteiger charge is -2.33. The summed E-state index contributed by atoms with van der Waals surface area (Å²) in [6.07, 6.45) is 0.827. The van der Waals surface area contributed by atoms with Gasteiger partial charge in [0.05, 0.1) is 16.1 Å². The summed E-state index contributed by atoms with van der Waals surface area (Å²) in [7, 11) is -3.04. The molecule has 2 aliphatic rings. The van der Waals surface area contributed by atoms with Crippen molar-refractivity contribution in [1.29, 1.82) is 0 Å². The number of benzene rings is 1. The molecule has 0 spiro atoms. The lowest BCUT2D eigenvalue weighted by molar-refractivity contribution is -0.137. The Bertz CT molecular complexity index is 687. The zero-order valence-corrected chi connectivity index (χ0v) is 12.8. The zero-order chi connectivity index (χ0) is 16.0. The maximum absolute atomic E-state index is 12.5. The summed E-state index contributed by atoms with van der Waals surface area (Å²) < 4.78 is 62.0. The quantitative estimate of drug-likeness (QED) is 0.771. The highest BCUT2D eigenvalue weighted by atomic mass is 32.2. The van der Waals surface area contributed by atoms with Crippen molar-refractivity contribution in [3.05, 3.63) is 47.0 Å². The maximum atomic E-state index is 12.5. The molecule has 2 aliphatic heterocycles. The van der Waals surface area contributed by atoms with Crippen molar-refractivity contribution in [3.63, 3.8) is 0 Å². The van der Waals surface area contributed by atoms with E-state index in [2.05, 4.69) is 0 Å². The highest BCUT2D eigenvalue weighted by molar-refractivity contribution is 7.92. The predicted molar refractivity (Wildman–Crippen MR) is 78.2 cm³/mol. The molecule has 0 radical (unpaired) electrons. The van der Waals surface area contributed by atoms with E-state index in [1.165, 1.54) is 12.1 Å². The van der Waals surface area contributed by atoms with Crippen molar-refractivity contribution in [2.45, 2.75) is 48.8 Å². The summed E-state index contributed by atoms with van der Waals surface area (Å²) >= 11 is 0. The van der Waals surface area contributed by atoms with Gasteiger partial charge >= 0.3 is 6.18 Å². The lowest BCUT2D eigenvalue weighted by Crippen LogP contribution is -2.39. The van der Waals surface area contributed by atoms with Crippen LogP contribution in [0.3, 0.4) is 0 Å². The minimum Gasteiger partial charge on any atom is -0.228 e. The summed E-state index contributed by atoms with van der Waals surface area (Å²) in [6, 6.07) is 5.11. The van der Waals surface area contributed by atoms with Crippen molar-refractivity contribution >= 4 is 9.84 Å². The number of hydrogen-bond acceptors (Lipinski definition) is 2. The minimum atomic E-state index is -4.33. The van der Waals surface area contributed by atoms with Gasteiger partial charge in [-0.05, 0) is 43.4 Å². The van der Waals surface area contributed by atoms with E-state index in [9.17, 15) is 21.6 Å². The summed E-state index contributed by atoms with van der Waals surface area (Å²) in [5.41, 5.74) is 1.16. The standard InChI is InChI=1S/C16H17F3O2S/c17-16(18,19)13-6-4-11(5-7-13)8-12-9-14-2-1-3-15(10-12)22(14,20)21/h4-7,9,14-15H,1-3,8,10H2. The van der Waals surface area contributed by atoms with Gasteiger partial charge in [-0.15, -0.1) is 0 Å². The van der Waals surface area contributed by atoms with E-state index in [0.717, 1.165) is 29.7 Å². The number of sulfone groups is 1. The van der Waals surface area contributed by atoms with Crippen molar-refractivity contribution < 1.29 is 21.6 Å². The van der Waals surface area contributed by atoms with Gasteiger partial charge in [0.2, 0.25) is 0 Å². The van der Waals surface area contributed by atoms with Crippen LogP contribution in [0.25, 0.3) is 0 Å². The van der Waals surface area contributed by atoms with Gasteiger partial charge < -0.3 is 0 Å². The van der Waals surface area contributed by atoms with Crippen LogP contribution in [0, 0.1) is 0 Å². The van der Waals surface area contributed by atoms with Gasteiger partial charge in [0, 0.05) is 0 Å². The van der Waals surface area contributed by atoms with E-state index in [0.29, 0.717) is 25.7 Å². The molecule has 6 heteroatoms. The van der Waals surface area contributed by atoms with Crippen LogP contribution in [0.2, 0.25) is 0 Å². The second-order valence-electron chi connectivity index (χ2n) is 6.08. The number of hydrogen-bond donors (Lipinski definition) is 0. The molecule has 0 saturated carbocycles. The Labute approximate surface area is 128 Å². The monoisotopic (exact) mass is 330 g/mol. The topological polar surface area (TPSA) is 34.1 Å². The Kier molecular flexibility index (Phi) is 3.83. The Morgan fingerprint density at radius 3 is 2.36 bits per heavy atom. The predicted octanol–water partition coefficient (Wildman–Crippen LogP) is 3.91. The average Bonchev–Trinajstić information content (AvgIpc) is 2.39. The molecular formula is C16H17F3O2S. The number of fused-ring (bicyclic) bond motifs is 2. The van der Waals surface area contributed by atoms with Crippen LogP contribution in [0.1, 0.15) is 36.8 Å². The molecule has 0 aliphatic carbocycles. The smallest absolute Gasteiger partial charge is 0.228 e. The normalized spacial score (nSPS) is 27.3. The first-order chi connectivity index (χ1) is 10.3. The minimum absolute atomic E-state index is 0.305. The Morgan fingerprint density at radius 2 is 1.77 bits per heavy atom. The molecular weight excluding hydrogens is 313 g/mol. The fourth-order valence-electron chi connectivity index (χ4n) is 3.35. The number of alkyl halides is 3. The van der Waals surface area contributed by atoms with Gasteiger partial charge in [0.1, 0.15) is 0 Å². The number of rotatable bonds is 2. The van der Waals surface area contributed by atoms with E-state index in [1.54, 1.807) is 0 Å². The third-order valence-electron chi connectivity index (χ3n) is 4.53. The van der Waals surface area contributed by atoms with E-state index < -0.39 is 26.8 Å². The zero-order valence-electron chi connectivity index (χ0n) is 11.9. The first-order valence-corrected chi connectivity index (χ1v) is 8.96. The van der Waals surface area contributed by atoms with Crippen molar-refractivity contribution in [3.8, 4) is 0 Å². The summed E-state index contributed by atoms with van der Waals surface area (Å²) in [6.45, 7) is 0. The molecule has 22 heavy (non-hydrogen) atoms. The first kappa shape index (κ1) is 15.6. The molecule has 2 heterocycles. The Balaban J connectivity index is 1.78. The maximum Gasteiger partial charge on any atom is 0.416 e. The highest BCUT2D eigenvalue weighted by Crippen LogP contribution is 2.37. The molecule has 2 nitrogen and oxygen atoms in total. The first-order valence-electron chi connectivity index (χ1n) is 7.35. The molecule has 1 aromatic carbocycles. The summed E-state index contributed by atoms with van der Waals surface area (Å²) in [5, 5.41) is -0.704. The number of allylic oxidation sites excluding steroid dienone is 1. The van der Waals surface area contributed by atoms with Crippen molar-refractivity contribution in [1.82, 2.24) is 0 Å². The van der Waals surface area contributed by atoms with Gasteiger partial charge in [0.25, 0.3) is 0 Å². The molecule has 1 aromatic rings. The largest absolute Gasteiger partial charge is 0.416 e. The molecule has 1 saturated heterocycles. The molecule has 0 N–H and O–H groups in total. The van der Waals surface area contributed by atoms with Crippen LogP contribution in [-0.4, -0.2) is 18.9 Å². The fraction of sp³-hybridized carbons (Fsp3) is 0.500. The number of halogens is 3.